The van der Waals surface area contributed by atoms with Gasteiger partial charge in [-0.25, -0.2) is 0 Å². The molecule has 0 spiro atoms. The van der Waals surface area contributed by atoms with Crippen molar-refractivity contribution >= 4 is 5.78 Å². The number of nitrogens with zero attached hydrogens (tertiary/aromatic N) is 3. The monoisotopic (exact) mass is 179 g/mol. The molecular formula is C9H13N3O. The van der Waals surface area contributed by atoms with Gasteiger partial charge in [0.1, 0.15) is 5.78 Å². The summed E-state index contributed by atoms with van der Waals surface area (Å²) in [6.45, 7) is 1.99. The topological polar surface area (TPSA) is 47.8 Å². The van der Waals surface area contributed by atoms with E-state index in [1.165, 1.54) is 0 Å². The summed E-state index contributed by atoms with van der Waals surface area (Å²) in [6, 6.07) is 0. The van der Waals surface area contributed by atoms with Gasteiger partial charge in [-0.15, -0.1) is 5.10 Å². The molecule has 13 heavy (non-hydrogen) atoms. The average Bonchev–Trinajstić information content (AvgIpc) is 2.62. The number of rotatable bonds is 1. The molecule has 0 amide bonds. The summed E-state index contributed by atoms with van der Waals surface area (Å²) in [7, 11) is 1.87. The van der Waals surface area contributed by atoms with Gasteiger partial charge in [0.15, 0.2) is 0 Å². The van der Waals surface area contributed by atoms with Gasteiger partial charge >= 0.3 is 0 Å². The predicted octanol–water partition coefficient (Wildman–Crippen LogP) is 0.898. The number of hydrogen-bond donors (Lipinski definition) is 0. The quantitative estimate of drug-likeness (QED) is 0.643. The van der Waals surface area contributed by atoms with Gasteiger partial charge in [0.2, 0.25) is 0 Å². The molecule has 4 nitrogen and oxygen atoms in total. The lowest BCUT2D eigenvalue weighted by atomic mass is 9.95. The molecule has 1 fully saturated rings. The Morgan fingerprint density at radius 2 is 2.38 bits per heavy atom. The molecular weight excluding hydrogens is 166 g/mol. The van der Waals surface area contributed by atoms with Crippen LogP contribution in [0, 0.1) is 5.92 Å². The van der Waals surface area contributed by atoms with Crippen LogP contribution in [0.5, 0.6) is 0 Å². The summed E-state index contributed by atoms with van der Waals surface area (Å²) in [5.74, 6) is 0.830. The molecule has 0 aliphatic heterocycles. The molecule has 1 saturated carbocycles. The molecule has 2 atom stereocenters. The smallest absolute Gasteiger partial charge is 0.136 e. The Morgan fingerprint density at radius 3 is 2.85 bits per heavy atom. The fraction of sp³-hybridized carbons (Fsp3) is 0.667. The van der Waals surface area contributed by atoms with Crippen LogP contribution in [0.25, 0.3) is 0 Å². The van der Waals surface area contributed by atoms with Crippen molar-refractivity contribution in [2.24, 2.45) is 13.0 Å². The van der Waals surface area contributed by atoms with E-state index in [1.807, 2.05) is 14.0 Å². The van der Waals surface area contributed by atoms with E-state index < -0.39 is 0 Å². The second kappa shape index (κ2) is 2.94. The molecule has 1 aromatic rings. The summed E-state index contributed by atoms with van der Waals surface area (Å²) in [5, 5.41) is 7.70. The lowest BCUT2D eigenvalue weighted by molar-refractivity contribution is -0.120. The molecule has 1 heterocycles. The highest BCUT2D eigenvalue weighted by Gasteiger charge is 2.33. The molecule has 4 heteroatoms. The predicted molar refractivity (Wildman–Crippen MR) is 47.1 cm³/mol. The van der Waals surface area contributed by atoms with E-state index in [2.05, 4.69) is 10.3 Å². The molecule has 0 saturated heterocycles. The SMILES string of the molecule is CC1C(=O)CCC1c1cnnn1C. The van der Waals surface area contributed by atoms with Gasteiger partial charge in [-0.05, 0) is 6.42 Å². The van der Waals surface area contributed by atoms with Crippen molar-refractivity contribution in [1.29, 1.82) is 0 Å². The summed E-state index contributed by atoms with van der Waals surface area (Å²) >= 11 is 0. The first-order valence-electron chi connectivity index (χ1n) is 4.57. The Bertz CT molecular complexity index is 331. The van der Waals surface area contributed by atoms with Crippen LogP contribution in [0.3, 0.4) is 0 Å². The van der Waals surface area contributed by atoms with Crippen LogP contribution in [0.15, 0.2) is 6.20 Å². The first-order chi connectivity index (χ1) is 6.20. The van der Waals surface area contributed by atoms with Crippen molar-refractivity contribution in [3.63, 3.8) is 0 Å². The van der Waals surface area contributed by atoms with E-state index in [9.17, 15) is 4.79 Å². The van der Waals surface area contributed by atoms with E-state index in [0.717, 1.165) is 12.1 Å². The highest BCUT2D eigenvalue weighted by molar-refractivity contribution is 5.83. The molecule has 1 aliphatic rings. The van der Waals surface area contributed by atoms with Gasteiger partial charge < -0.3 is 0 Å². The zero-order chi connectivity index (χ0) is 9.42. The van der Waals surface area contributed by atoms with Crippen molar-refractivity contribution in [2.75, 3.05) is 0 Å². The molecule has 0 radical (unpaired) electrons. The van der Waals surface area contributed by atoms with Crippen molar-refractivity contribution in [3.8, 4) is 0 Å². The fourth-order valence-electron chi connectivity index (χ4n) is 2.04. The van der Waals surface area contributed by atoms with Gasteiger partial charge in [0, 0.05) is 25.3 Å². The number of carbonyl (C=O) groups excluding carboxylic acids is 1. The number of ketones is 1. The van der Waals surface area contributed by atoms with Gasteiger partial charge in [-0.2, -0.15) is 0 Å². The van der Waals surface area contributed by atoms with E-state index in [0.29, 0.717) is 18.1 Å². The summed E-state index contributed by atoms with van der Waals surface area (Å²) in [5.41, 5.74) is 1.08. The summed E-state index contributed by atoms with van der Waals surface area (Å²) in [6.07, 6.45) is 3.41. The highest BCUT2D eigenvalue weighted by atomic mass is 16.1. The molecule has 70 valence electrons. The zero-order valence-corrected chi connectivity index (χ0v) is 7.90. The summed E-state index contributed by atoms with van der Waals surface area (Å²) in [4.78, 5) is 11.3. The molecule has 2 rings (SSSR count). The van der Waals surface area contributed by atoms with Crippen LogP contribution >= 0.6 is 0 Å². The standard InChI is InChI=1S/C9H13N3O/c1-6-7(3-4-9(6)13)8-5-10-11-12(8)2/h5-7H,3-4H2,1-2H3. The Morgan fingerprint density at radius 1 is 1.62 bits per heavy atom. The van der Waals surface area contributed by atoms with E-state index >= 15 is 0 Å². The molecule has 0 aromatic carbocycles. The summed E-state index contributed by atoms with van der Waals surface area (Å²) < 4.78 is 1.76. The van der Waals surface area contributed by atoms with Crippen LogP contribution in [0.2, 0.25) is 0 Å². The number of aryl methyl sites for hydroxylation is 1. The fourth-order valence-corrected chi connectivity index (χ4v) is 2.04. The lowest BCUT2D eigenvalue weighted by Gasteiger charge is -2.12. The molecule has 1 aliphatic carbocycles. The number of carbonyl (C=O) groups is 1. The Balaban J connectivity index is 2.28. The zero-order valence-electron chi connectivity index (χ0n) is 7.90. The lowest BCUT2D eigenvalue weighted by Crippen LogP contribution is -2.12. The first kappa shape index (κ1) is 8.41. The highest BCUT2D eigenvalue weighted by Crippen LogP contribution is 2.36. The Hall–Kier alpha value is -1.19. The second-order valence-corrected chi connectivity index (χ2v) is 3.68. The van der Waals surface area contributed by atoms with E-state index in [1.54, 1.807) is 10.9 Å². The van der Waals surface area contributed by atoms with Crippen molar-refractivity contribution in [2.45, 2.75) is 25.7 Å². The van der Waals surface area contributed by atoms with Gasteiger partial charge in [0.05, 0.1) is 11.9 Å². The Labute approximate surface area is 76.9 Å². The third kappa shape index (κ3) is 1.26. The Kier molecular flexibility index (Phi) is 1.90. The van der Waals surface area contributed by atoms with Crippen LogP contribution in [0.1, 0.15) is 31.4 Å². The number of hydrogen-bond acceptors (Lipinski definition) is 3. The van der Waals surface area contributed by atoms with Gasteiger partial charge in [-0.1, -0.05) is 12.1 Å². The maximum Gasteiger partial charge on any atom is 0.136 e. The van der Waals surface area contributed by atoms with Crippen LogP contribution in [-0.2, 0) is 11.8 Å². The minimum atomic E-state index is 0.136. The second-order valence-electron chi connectivity index (χ2n) is 3.68. The van der Waals surface area contributed by atoms with Crippen LogP contribution in [0.4, 0.5) is 0 Å². The van der Waals surface area contributed by atoms with Crippen molar-refractivity contribution < 1.29 is 4.79 Å². The largest absolute Gasteiger partial charge is 0.299 e. The normalized spacial score (nSPS) is 28.3. The molecule has 0 N–H and O–H groups in total. The minimum absolute atomic E-state index is 0.136. The van der Waals surface area contributed by atoms with Crippen molar-refractivity contribution in [3.05, 3.63) is 11.9 Å². The molecule has 1 aromatic heterocycles. The maximum atomic E-state index is 11.3. The van der Waals surface area contributed by atoms with E-state index in [-0.39, 0.29) is 5.92 Å². The van der Waals surface area contributed by atoms with Gasteiger partial charge in [0.25, 0.3) is 0 Å². The number of Topliss-reactive ketones (excluding diaryl/α,β-unsaturated/α-hetero) is 1. The molecule has 0 bridgehead atoms. The van der Waals surface area contributed by atoms with E-state index in [4.69, 9.17) is 0 Å². The third-order valence-corrected chi connectivity index (χ3v) is 2.94. The maximum absolute atomic E-state index is 11.3. The number of aromatic nitrogens is 3. The average molecular weight is 179 g/mol. The van der Waals surface area contributed by atoms with Crippen LogP contribution in [-0.4, -0.2) is 20.8 Å². The van der Waals surface area contributed by atoms with Crippen molar-refractivity contribution in [1.82, 2.24) is 15.0 Å². The third-order valence-electron chi connectivity index (χ3n) is 2.94. The minimum Gasteiger partial charge on any atom is -0.299 e. The first-order valence-corrected chi connectivity index (χ1v) is 4.57. The molecule has 2 unspecified atom stereocenters. The van der Waals surface area contributed by atoms with Crippen LogP contribution < -0.4 is 0 Å². The van der Waals surface area contributed by atoms with Gasteiger partial charge in [-0.3, -0.25) is 9.48 Å².